The molecule has 1 N–H and O–H groups in total. The third kappa shape index (κ3) is 5.55. The van der Waals surface area contributed by atoms with Crippen molar-refractivity contribution in [3.63, 3.8) is 0 Å². The fourth-order valence-corrected chi connectivity index (χ4v) is 3.62. The zero-order valence-corrected chi connectivity index (χ0v) is 19.8. The zero-order valence-electron chi connectivity index (χ0n) is 19.8. The molecule has 0 saturated carbocycles. The summed E-state index contributed by atoms with van der Waals surface area (Å²) in [6.07, 6.45) is 5.97. The number of aromatic nitrogens is 3. The van der Waals surface area contributed by atoms with Crippen LogP contribution in [0.15, 0.2) is 83.6 Å². The Labute approximate surface area is 206 Å². The van der Waals surface area contributed by atoms with Gasteiger partial charge in [-0.15, -0.1) is 6.42 Å². The summed E-state index contributed by atoms with van der Waals surface area (Å²) < 4.78 is 44.1. The van der Waals surface area contributed by atoms with Gasteiger partial charge in [-0.3, -0.25) is 14.3 Å². The second-order valence-corrected chi connectivity index (χ2v) is 7.89. The van der Waals surface area contributed by atoms with Crippen LogP contribution in [0.3, 0.4) is 0 Å². The molecule has 0 unspecified atom stereocenters. The number of imidazole rings is 1. The van der Waals surface area contributed by atoms with Gasteiger partial charge in [-0.1, -0.05) is 24.6 Å². The zero-order chi connectivity index (χ0) is 26.6. The van der Waals surface area contributed by atoms with E-state index in [0.717, 1.165) is 13.0 Å². The van der Waals surface area contributed by atoms with Gasteiger partial charge in [0.15, 0.2) is 0 Å². The lowest BCUT2D eigenvalue weighted by Gasteiger charge is -2.15. The topological polar surface area (TPSA) is 68.9 Å². The molecule has 0 radical (unpaired) electrons. The molecule has 1 aromatic carbocycles. The van der Waals surface area contributed by atoms with E-state index < -0.39 is 17.7 Å². The summed E-state index contributed by atoms with van der Waals surface area (Å²) >= 11 is 0. The summed E-state index contributed by atoms with van der Waals surface area (Å²) in [6, 6.07) is 9.93. The first kappa shape index (κ1) is 26.0. The highest BCUT2D eigenvalue weighted by atomic mass is 19.4. The summed E-state index contributed by atoms with van der Waals surface area (Å²) in [7, 11) is 1.58. The van der Waals surface area contributed by atoms with Crippen LogP contribution in [0.2, 0.25) is 0 Å². The van der Waals surface area contributed by atoms with Crippen LogP contribution in [-0.2, 0) is 11.8 Å². The van der Waals surface area contributed by atoms with Crippen molar-refractivity contribution < 1.29 is 18.0 Å². The number of carbonyl (C=O) groups excluding carboxylic acids is 1. The van der Waals surface area contributed by atoms with Crippen LogP contribution >= 0.6 is 0 Å². The maximum Gasteiger partial charge on any atom is 0.418 e. The maximum atomic E-state index is 13.8. The average molecular weight is 493 g/mol. The molecule has 0 spiro atoms. The van der Waals surface area contributed by atoms with Crippen LogP contribution < -0.4 is 11.0 Å². The van der Waals surface area contributed by atoms with Gasteiger partial charge in [0.1, 0.15) is 0 Å². The maximum absolute atomic E-state index is 13.8. The van der Waals surface area contributed by atoms with E-state index >= 15 is 0 Å². The van der Waals surface area contributed by atoms with Crippen molar-refractivity contribution in [3.05, 3.63) is 100 Å². The van der Waals surface area contributed by atoms with E-state index in [4.69, 9.17) is 6.42 Å². The van der Waals surface area contributed by atoms with E-state index in [1.54, 1.807) is 43.6 Å². The lowest BCUT2D eigenvalue weighted by atomic mass is 10.0. The molecule has 184 valence electrons. The van der Waals surface area contributed by atoms with E-state index in [9.17, 15) is 22.8 Å². The quantitative estimate of drug-likeness (QED) is 0.399. The predicted molar refractivity (Wildman–Crippen MR) is 133 cm³/mol. The van der Waals surface area contributed by atoms with Crippen LogP contribution in [0.1, 0.15) is 25.0 Å². The Morgan fingerprint density at radius 3 is 2.56 bits per heavy atom. The predicted octanol–water partition coefficient (Wildman–Crippen LogP) is 4.76. The molecule has 3 aromatic rings. The fraction of sp³-hybridized carbons (Fsp3) is 0.148. The van der Waals surface area contributed by atoms with Crippen molar-refractivity contribution in [3.8, 4) is 29.4 Å². The number of nitrogens with one attached hydrogen (secondary N) is 1. The SMILES string of the molecule is C#Cc1cccc(-n2c(-c3cc(/C(C=C)=C/C(=C(\C)NC(C)=O)C(F)(F)F)ccn3)cn(C)c2=O)c1. The van der Waals surface area contributed by atoms with E-state index in [2.05, 4.69) is 22.8 Å². The van der Waals surface area contributed by atoms with Crippen LogP contribution in [0.25, 0.3) is 22.6 Å². The molecule has 6 nitrogen and oxygen atoms in total. The summed E-state index contributed by atoms with van der Waals surface area (Å²) in [5, 5.41) is 2.19. The molecule has 0 bridgehead atoms. The van der Waals surface area contributed by atoms with E-state index in [1.807, 2.05) is 0 Å². The number of amides is 1. The van der Waals surface area contributed by atoms with Gasteiger partial charge in [0.25, 0.3) is 0 Å². The molecular formula is C27H23F3N4O2. The molecule has 36 heavy (non-hydrogen) atoms. The van der Waals surface area contributed by atoms with E-state index in [0.29, 0.717) is 28.2 Å². The summed E-state index contributed by atoms with van der Waals surface area (Å²) in [4.78, 5) is 28.6. The Bertz CT molecular complexity index is 1500. The van der Waals surface area contributed by atoms with Gasteiger partial charge in [-0.05, 0) is 54.5 Å². The number of carbonyl (C=O) groups is 1. The Morgan fingerprint density at radius 1 is 1.22 bits per heavy atom. The molecule has 2 heterocycles. The van der Waals surface area contributed by atoms with Gasteiger partial charge in [0.05, 0.1) is 22.6 Å². The number of halogens is 3. The van der Waals surface area contributed by atoms with Crippen molar-refractivity contribution in [1.29, 1.82) is 0 Å². The fourth-order valence-electron chi connectivity index (χ4n) is 3.62. The normalized spacial score (nSPS) is 12.5. The summed E-state index contributed by atoms with van der Waals surface area (Å²) in [5.41, 5.74) is 0.687. The van der Waals surface area contributed by atoms with Crippen LogP contribution in [0.4, 0.5) is 13.2 Å². The largest absolute Gasteiger partial charge is 0.418 e. The monoisotopic (exact) mass is 492 g/mol. The number of allylic oxidation sites excluding steroid dienone is 5. The minimum absolute atomic E-state index is 0.148. The summed E-state index contributed by atoms with van der Waals surface area (Å²) in [5.74, 6) is 1.91. The van der Waals surface area contributed by atoms with Crippen molar-refractivity contribution >= 4 is 11.5 Å². The van der Waals surface area contributed by atoms with Crippen LogP contribution in [0, 0.1) is 12.3 Å². The molecule has 0 aliphatic carbocycles. The van der Waals surface area contributed by atoms with Crippen molar-refractivity contribution in [1.82, 2.24) is 19.4 Å². The minimum atomic E-state index is -4.72. The van der Waals surface area contributed by atoms with Gasteiger partial charge < -0.3 is 9.88 Å². The van der Waals surface area contributed by atoms with Crippen LogP contribution in [-0.4, -0.2) is 26.2 Å². The number of terminal acetylenes is 1. The Morgan fingerprint density at radius 2 is 1.94 bits per heavy atom. The molecule has 0 atom stereocenters. The molecule has 0 aliphatic heterocycles. The number of hydrogen-bond donors (Lipinski definition) is 1. The molecule has 3 rings (SSSR count). The van der Waals surface area contributed by atoms with Gasteiger partial charge in [0.2, 0.25) is 5.91 Å². The molecule has 0 aliphatic rings. The van der Waals surface area contributed by atoms with Crippen molar-refractivity contribution in [2.24, 2.45) is 7.05 Å². The number of pyridine rings is 1. The molecule has 0 saturated heterocycles. The van der Waals surface area contributed by atoms with Crippen molar-refractivity contribution in [2.75, 3.05) is 0 Å². The Kier molecular flexibility index (Phi) is 7.49. The van der Waals surface area contributed by atoms with E-state index in [1.165, 1.54) is 34.4 Å². The average Bonchev–Trinajstić information content (AvgIpc) is 3.12. The highest BCUT2D eigenvalue weighted by molar-refractivity contribution is 5.79. The second-order valence-electron chi connectivity index (χ2n) is 7.89. The Hall–Kier alpha value is -4.58. The molecule has 2 aromatic heterocycles. The third-order valence-corrected chi connectivity index (χ3v) is 5.27. The first-order valence-corrected chi connectivity index (χ1v) is 10.7. The lowest BCUT2D eigenvalue weighted by Crippen LogP contribution is -2.23. The minimum Gasteiger partial charge on any atom is -0.330 e. The van der Waals surface area contributed by atoms with Gasteiger partial charge in [-0.2, -0.15) is 13.2 Å². The molecule has 9 heteroatoms. The Balaban J connectivity index is 2.19. The highest BCUT2D eigenvalue weighted by Crippen LogP contribution is 2.32. The van der Waals surface area contributed by atoms with Gasteiger partial charge >= 0.3 is 11.9 Å². The van der Waals surface area contributed by atoms with Gasteiger partial charge in [-0.25, -0.2) is 4.79 Å². The number of rotatable bonds is 6. The molecule has 1 amide bonds. The lowest BCUT2D eigenvalue weighted by molar-refractivity contribution is -0.118. The van der Waals surface area contributed by atoms with Crippen LogP contribution in [0.5, 0.6) is 0 Å². The van der Waals surface area contributed by atoms with E-state index in [-0.39, 0.29) is 17.0 Å². The highest BCUT2D eigenvalue weighted by Gasteiger charge is 2.34. The molecule has 0 fully saturated rings. The number of aryl methyl sites for hydroxylation is 1. The number of nitrogens with zero attached hydrogens (tertiary/aromatic N) is 3. The second kappa shape index (κ2) is 10.4. The third-order valence-electron chi connectivity index (χ3n) is 5.27. The first-order chi connectivity index (χ1) is 17.0. The number of hydrogen-bond acceptors (Lipinski definition) is 3. The number of alkyl halides is 3. The molecular weight excluding hydrogens is 469 g/mol. The first-order valence-electron chi connectivity index (χ1n) is 10.7. The standard InChI is InChI=1S/C27H23F3N4O2/c1-6-19-9-8-10-22(13-19)34-25(16-33(5)26(34)36)24-15-21(11-12-31-24)20(7-2)14-23(27(28,29)30)17(3)32-18(4)35/h1,7-16H,2H2,3-5H3,(H,32,35)/b20-14+,23-17-. The smallest absolute Gasteiger partial charge is 0.330 e. The van der Waals surface area contributed by atoms with Crippen molar-refractivity contribution in [2.45, 2.75) is 20.0 Å². The summed E-state index contributed by atoms with van der Waals surface area (Å²) in [6.45, 7) is 5.95. The van der Waals surface area contributed by atoms with Gasteiger partial charge in [0, 0.05) is 37.6 Å². The number of benzene rings is 1.